The zero-order chi connectivity index (χ0) is 19.3. The van der Waals surface area contributed by atoms with Crippen LogP contribution in [0.3, 0.4) is 0 Å². The predicted molar refractivity (Wildman–Crippen MR) is 106 cm³/mol. The third kappa shape index (κ3) is 5.63. The quantitative estimate of drug-likeness (QED) is 0.799. The molecule has 1 heterocycles. The van der Waals surface area contributed by atoms with Crippen molar-refractivity contribution in [1.29, 1.82) is 0 Å². The van der Waals surface area contributed by atoms with Crippen LogP contribution in [0.2, 0.25) is 0 Å². The molecule has 1 saturated heterocycles. The van der Waals surface area contributed by atoms with Crippen molar-refractivity contribution < 1.29 is 13.2 Å². The maximum Gasteiger partial charge on any atom is 0.240 e. The zero-order valence-corrected chi connectivity index (χ0v) is 16.2. The van der Waals surface area contributed by atoms with Crippen molar-refractivity contribution in [3.8, 4) is 0 Å². The molecular formula is C20H25N3O3S. The van der Waals surface area contributed by atoms with E-state index >= 15 is 0 Å². The van der Waals surface area contributed by atoms with Crippen LogP contribution in [-0.4, -0.2) is 38.4 Å². The van der Waals surface area contributed by atoms with Crippen molar-refractivity contribution in [1.82, 2.24) is 9.62 Å². The fraction of sp³-hybridized carbons (Fsp3) is 0.350. The van der Waals surface area contributed by atoms with Gasteiger partial charge in [0, 0.05) is 38.3 Å². The van der Waals surface area contributed by atoms with Gasteiger partial charge in [-0.2, -0.15) is 0 Å². The van der Waals surface area contributed by atoms with Gasteiger partial charge in [0.05, 0.1) is 4.90 Å². The number of piperidine rings is 1. The highest BCUT2D eigenvalue weighted by atomic mass is 32.2. The molecular weight excluding hydrogens is 362 g/mol. The van der Waals surface area contributed by atoms with Crippen molar-refractivity contribution in [2.45, 2.75) is 37.2 Å². The second kappa shape index (κ2) is 8.65. The number of carbonyl (C=O) groups excluding carboxylic acids is 1. The number of nitrogens with zero attached hydrogens (tertiary/aromatic N) is 1. The Morgan fingerprint density at radius 3 is 2.26 bits per heavy atom. The Balaban J connectivity index is 1.53. The summed E-state index contributed by atoms with van der Waals surface area (Å²) in [5, 5.41) is 2.63. The van der Waals surface area contributed by atoms with Gasteiger partial charge in [-0.05, 0) is 42.7 Å². The first-order valence-electron chi connectivity index (χ1n) is 9.09. The summed E-state index contributed by atoms with van der Waals surface area (Å²) in [6, 6.07) is 16.5. The van der Waals surface area contributed by atoms with E-state index < -0.39 is 10.0 Å². The first-order chi connectivity index (χ1) is 12.9. The molecule has 144 valence electrons. The van der Waals surface area contributed by atoms with Gasteiger partial charge in [0.25, 0.3) is 0 Å². The van der Waals surface area contributed by atoms with Gasteiger partial charge in [-0.3, -0.25) is 9.69 Å². The molecule has 0 unspecified atom stereocenters. The van der Waals surface area contributed by atoms with Crippen LogP contribution in [0.15, 0.2) is 59.5 Å². The monoisotopic (exact) mass is 387 g/mol. The minimum Gasteiger partial charge on any atom is -0.326 e. The number of carbonyl (C=O) groups is 1. The van der Waals surface area contributed by atoms with Crippen molar-refractivity contribution in [2.24, 2.45) is 0 Å². The summed E-state index contributed by atoms with van der Waals surface area (Å²) in [4.78, 5) is 13.6. The summed E-state index contributed by atoms with van der Waals surface area (Å²) in [5.41, 5.74) is 1.85. The highest BCUT2D eigenvalue weighted by Gasteiger charge is 2.24. The Labute approximate surface area is 160 Å². The van der Waals surface area contributed by atoms with Crippen LogP contribution in [0.5, 0.6) is 0 Å². The van der Waals surface area contributed by atoms with Crippen LogP contribution in [0.4, 0.5) is 5.69 Å². The van der Waals surface area contributed by atoms with Crippen molar-refractivity contribution in [2.75, 3.05) is 18.4 Å². The molecule has 7 heteroatoms. The van der Waals surface area contributed by atoms with E-state index in [-0.39, 0.29) is 16.8 Å². The molecule has 2 aromatic rings. The SMILES string of the molecule is CC(=O)Nc1ccc(S(=O)(=O)NC2CCN(Cc3ccccc3)CC2)cc1. The smallest absolute Gasteiger partial charge is 0.240 e. The van der Waals surface area contributed by atoms with E-state index in [9.17, 15) is 13.2 Å². The van der Waals surface area contributed by atoms with Crippen molar-refractivity contribution >= 4 is 21.6 Å². The van der Waals surface area contributed by atoms with E-state index in [1.165, 1.54) is 24.6 Å². The summed E-state index contributed by atoms with van der Waals surface area (Å²) < 4.78 is 28.0. The second-order valence-electron chi connectivity index (χ2n) is 6.86. The average Bonchev–Trinajstić information content (AvgIpc) is 2.64. The molecule has 3 rings (SSSR count). The van der Waals surface area contributed by atoms with Gasteiger partial charge < -0.3 is 5.32 Å². The topological polar surface area (TPSA) is 78.5 Å². The molecule has 0 atom stereocenters. The largest absolute Gasteiger partial charge is 0.326 e. The van der Waals surface area contributed by atoms with Gasteiger partial charge in [-0.1, -0.05) is 30.3 Å². The fourth-order valence-corrected chi connectivity index (χ4v) is 4.56. The normalized spacial score (nSPS) is 16.2. The van der Waals surface area contributed by atoms with Crippen LogP contribution in [-0.2, 0) is 21.4 Å². The van der Waals surface area contributed by atoms with E-state index in [0.29, 0.717) is 5.69 Å². The Morgan fingerprint density at radius 1 is 1.04 bits per heavy atom. The van der Waals surface area contributed by atoms with Gasteiger partial charge in [0.15, 0.2) is 0 Å². The molecule has 0 aliphatic carbocycles. The molecule has 1 fully saturated rings. The Bertz CT molecular complexity index is 859. The lowest BCUT2D eigenvalue weighted by Crippen LogP contribution is -2.44. The Hall–Kier alpha value is -2.22. The molecule has 0 bridgehead atoms. The first kappa shape index (κ1) is 19.5. The van der Waals surface area contributed by atoms with Crippen LogP contribution in [0, 0.1) is 0 Å². The number of hydrogen-bond donors (Lipinski definition) is 2. The number of amides is 1. The van der Waals surface area contributed by atoms with Crippen molar-refractivity contribution in [3.63, 3.8) is 0 Å². The number of sulfonamides is 1. The zero-order valence-electron chi connectivity index (χ0n) is 15.4. The van der Waals surface area contributed by atoms with Gasteiger partial charge in [-0.25, -0.2) is 13.1 Å². The van der Waals surface area contributed by atoms with E-state index in [1.807, 2.05) is 18.2 Å². The molecule has 1 aliphatic rings. The minimum absolute atomic E-state index is 0.0583. The summed E-state index contributed by atoms with van der Waals surface area (Å²) in [6.45, 7) is 4.04. The van der Waals surface area contributed by atoms with Gasteiger partial charge in [-0.15, -0.1) is 0 Å². The molecule has 2 N–H and O–H groups in total. The lowest BCUT2D eigenvalue weighted by molar-refractivity contribution is -0.114. The summed E-state index contributed by atoms with van der Waals surface area (Å²) in [6.07, 6.45) is 1.58. The third-order valence-corrected chi connectivity index (χ3v) is 6.18. The number of benzene rings is 2. The highest BCUT2D eigenvalue weighted by molar-refractivity contribution is 7.89. The molecule has 27 heavy (non-hydrogen) atoms. The first-order valence-corrected chi connectivity index (χ1v) is 10.6. The Kier molecular flexibility index (Phi) is 6.26. The molecule has 1 amide bonds. The van der Waals surface area contributed by atoms with Gasteiger partial charge in [0.1, 0.15) is 0 Å². The molecule has 0 radical (unpaired) electrons. The van der Waals surface area contributed by atoms with E-state index in [1.54, 1.807) is 12.1 Å². The lowest BCUT2D eigenvalue weighted by atomic mass is 10.1. The van der Waals surface area contributed by atoms with Crippen LogP contribution in [0.25, 0.3) is 0 Å². The van der Waals surface area contributed by atoms with Crippen LogP contribution >= 0.6 is 0 Å². The van der Waals surface area contributed by atoms with E-state index in [2.05, 4.69) is 27.1 Å². The number of anilines is 1. The average molecular weight is 388 g/mol. The predicted octanol–water partition coefficient (Wildman–Crippen LogP) is 2.59. The third-order valence-electron chi connectivity index (χ3n) is 4.64. The van der Waals surface area contributed by atoms with Crippen LogP contribution < -0.4 is 10.0 Å². The number of hydrogen-bond acceptors (Lipinski definition) is 4. The second-order valence-corrected chi connectivity index (χ2v) is 8.58. The maximum atomic E-state index is 12.6. The molecule has 1 aliphatic heterocycles. The molecule has 0 aromatic heterocycles. The molecule has 0 saturated carbocycles. The van der Waals surface area contributed by atoms with E-state index in [0.717, 1.165) is 32.5 Å². The fourth-order valence-electron chi connectivity index (χ4n) is 3.26. The van der Waals surface area contributed by atoms with Gasteiger partial charge >= 0.3 is 0 Å². The summed E-state index contributed by atoms with van der Waals surface area (Å²) >= 11 is 0. The standard InChI is InChI=1S/C20H25N3O3S/c1-16(24)21-18-7-9-20(10-8-18)27(25,26)22-19-11-13-23(14-12-19)15-17-5-3-2-4-6-17/h2-10,19,22H,11-15H2,1H3,(H,21,24). The summed E-state index contributed by atoms with van der Waals surface area (Å²) in [5.74, 6) is -0.189. The minimum atomic E-state index is -3.56. The number of nitrogens with one attached hydrogen (secondary N) is 2. The number of rotatable bonds is 6. The lowest BCUT2D eigenvalue weighted by Gasteiger charge is -2.32. The summed E-state index contributed by atoms with van der Waals surface area (Å²) in [7, 11) is -3.56. The Morgan fingerprint density at radius 2 is 1.67 bits per heavy atom. The maximum absolute atomic E-state index is 12.6. The number of likely N-dealkylation sites (tertiary alicyclic amines) is 1. The molecule has 0 spiro atoms. The van der Waals surface area contributed by atoms with Crippen LogP contribution in [0.1, 0.15) is 25.3 Å². The van der Waals surface area contributed by atoms with E-state index in [4.69, 9.17) is 0 Å². The van der Waals surface area contributed by atoms with Crippen molar-refractivity contribution in [3.05, 3.63) is 60.2 Å². The highest BCUT2D eigenvalue weighted by Crippen LogP contribution is 2.18. The molecule has 2 aromatic carbocycles. The molecule has 6 nitrogen and oxygen atoms in total. The van der Waals surface area contributed by atoms with Gasteiger partial charge in [0.2, 0.25) is 15.9 Å².